The van der Waals surface area contributed by atoms with E-state index in [0.29, 0.717) is 5.57 Å². The summed E-state index contributed by atoms with van der Waals surface area (Å²) >= 11 is 3.38. The van der Waals surface area contributed by atoms with E-state index in [0.717, 1.165) is 15.6 Å². The van der Waals surface area contributed by atoms with E-state index >= 15 is 0 Å². The van der Waals surface area contributed by atoms with E-state index in [2.05, 4.69) is 15.9 Å². The SMILES string of the molecule is COC(=O)/C(=C/c1ccccc1)c1ccc(Br)cc1. The molecule has 0 aliphatic rings. The molecule has 2 aromatic carbocycles. The van der Waals surface area contributed by atoms with Gasteiger partial charge in [-0.1, -0.05) is 58.4 Å². The minimum absolute atomic E-state index is 0.342. The van der Waals surface area contributed by atoms with Gasteiger partial charge in [0, 0.05) is 4.47 Å². The van der Waals surface area contributed by atoms with Gasteiger partial charge in [0.25, 0.3) is 0 Å². The number of hydrogen-bond donors (Lipinski definition) is 0. The number of ether oxygens (including phenoxy) is 1. The Morgan fingerprint density at radius 2 is 1.68 bits per heavy atom. The number of hydrogen-bond acceptors (Lipinski definition) is 2. The number of carbonyl (C=O) groups excluding carboxylic acids is 1. The summed E-state index contributed by atoms with van der Waals surface area (Å²) in [4.78, 5) is 11.9. The molecule has 19 heavy (non-hydrogen) atoms. The summed E-state index contributed by atoms with van der Waals surface area (Å²) in [6.07, 6.45) is 1.83. The average molecular weight is 317 g/mol. The fourth-order valence-electron chi connectivity index (χ4n) is 1.72. The number of halogens is 1. The number of methoxy groups -OCH3 is 1. The van der Waals surface area contributed by atoms with Gasteiger partial charge in [0.2, 0.25) is 0 Å². The largest absolute Gasteiger partial charge is 0.465 e. The van der Waals surface area contributed by atoms with E-state index in [1.807, 2.05) is 60.7 Å². The first-order chi connectivity index (χ1) is 9.20. The van der Waals surface area contributed by atoms with Crippen molar-refractivity contribution < 1.29 is 9.53 Å². The van der Waals surface area contributed by atoms with Crippen LogP contribution >= 0.6 is 15.9 Å². The molecule has 2 rings (SSSR count). The third kappa shape index (κ3) is 3.55. The van der Waals surface area contributed by atoms with Crippen molar-refractivity contribution in [2.24, 2.45) is 0 Å². The van der Waals surface area contributed by atoms with Crippen LogP contribution in [0.3, 0.4) is 0 Å². The van der Waals surface area contributed by atoms with E-state index in [1.165, 1.54) is 7.11 Å². The van der Waals surface area contributed by atoms with Gasteiger partial charge >= 0.3 is 5.97 Å². The van der Waals surface area contributed by atoms with Crippen LogP contribution in [0, 0.1) is 0 Å². The lowest BCUT2D eigenvalue weighted by molar-refractivity contribution is -0.133. The Hall–Kier alpha value is -1.87. The highest BCUT2D eigenvalue weighted by molar-refractivity contribution is 9.10. The number of esters is 1. The number of carbonyl (C=O) groups is 1. The Bertz CT molecular complexity index is 586. The van der Waals surface area contributed by atoms with Crippen LogP contribution in [0.5, 0.6) is 0 Å². The Morgan fingerprint density at radius 1 is 1.05 bits per heavy atom. The molecule has 0 heterocycles. The van der Waals surface area contributed by atoms with E-state index in [1.54, 1.807) is 0 Å². The number of rotatable bonds is 3. The maximum absolute atomic E-state index is 11.9. The molecule has 2 aromatic rings. The highest BCUT2D eigenvalue weighted by Gasteiger charge is 2.12. The molecule has 96 valence electrons. The first kappa shape index (κ1) is 13.6. The summed E-state index contributed by atoms with van der Waals surface area (Å²) in [5, 5.41) is 0. The highest BCUT2D eigenvalue weighted by atomic mass is 79.9. The molecule has 0 saturated carbocycles. The molecule has 0 amide bonds. The van der Waals surface area contributed by atoms with Crippen LogP contribution in [0.1, 0.15) is 11.1 Å². The van der Waals surface area contributed by atoms with Crippen molar-refractivity contribution in [3.63, 3.8) is 0 Å². The minimum Gasteiger partial charge on any atom is -0.465 e. The molecule has 0 aliphatic heterocycles. The third-order valence-electron chi connectivity index (χ3n) is 2.67. The first-order valence-electron chi connectivity index (χ1n) is 5.81. The fourth-order valence-corrected chi connectivity index (χ4v) is 1.98. The maximum atomic E-state index is 11.9. The van der Waals surface area contributed by atoms with Crippen molar-refractivity contribution >= 4 is 33.5 Å². The summed E-state index contributed by atoms with van der Waals surface area (Å²) in [6, 6.07) is 17.3. The molecule has 0 aliphatic carbocycles. The van der Waals surface area contributed by atoms with E-state index in [4.69, 9.17) is 4.74 Å². The van der Waals surface area contributed by atoms with E-state index in [9.17, 15) is 4.79 Å². The lowest BCUT2D eigenvalue weighted by Crippen LogP contribution is -2.03. The van der Waals surface area contributed by atoms with Gasteiger partial charge in [-0.25, -0.2) is 4.79 Å². The molecule has 0 spiro atoms. The first-order valence-corrected chi connectivity index (χ1v) is 6.61. The highest BCUT2D eigenvalue weighted by Crippen LogP contribution is 2.21. The van der Waals surface area contributed by atoms with Gasteiger partial charge in [0.15, 0.2) is 0 Å². The van der Waals surface area contributed by atoms with E-state index in [-0.39, 0.29) is 5.97 Å². The van der Waals surface area contributed by atoms with Crippen LogP contribution in [0.15, 0.2) is 59.1 Å². The summed E-state index contributed by atoms with van der Waals surface area (Å²) in [6.45, 7) is 0. The van der Waals surface area contributed by atoms with Crippen LogP contribution in [0.2, 0.25) is 0 Å². The fraction of sp³-hybridized carbons (Fsp3) is 0.0625. The Kier molecular flexibility index (Phi) is 4.53. The standard InChI is InChI=1S/C16H13BrO2/c1-19-16(18)15(11-12-5-3-2-4-6-12)13-7-9-14(17)10-8-13/h2-11H,1H3/b15-11+. The predicted octanol–water partition coefficient (Wildman–Crippen LogP) is 4.16. The molecule has 0 fully saturated rings. The molecule has 3 heteroatoms. The second-order valence-electron chi connectivity index (χ2n) is 3.97. The van der Waals surface area contributed by atoms with Gasteiger partial charge < -0.3 is 4.74 Å². The molecule has 0 atom stereocenters. The lowest BCUT2D eigenvalue weighted by Gasteiger charge is -2.06. The summed E-state index contributed by atoms with van der Waals surface area (Å²) < 4.78 is 5.82. The molecule has 2 nitrogen and oxygen atoms in total. The second-order valence-corrected chi connectivity index (χ2v) is 4.88. The van der Waals surface area contributed by atoms with Crippen molar-refractivity contribution in [2.45, 2.75) is 0 Å². The Labute approximate surface area is 120 Å². The zero-order chi connectivity index (χ0) is 13.7. The Balaban J connectivity index is 2.45. The van der Waals surface area contributed by atoms with Gasteiger partial charge in [-0.2, -0.15) is 0 Å². The van der Waals surface area contributed by atoms with E-state index < -0.39 is 0 Å². The van der Waals surface area contributed by atoms with Gasteiger partial charge in [-0.3, -0.25) is 0 Å². The monoisotopic (exact) mass is 316 g/mol. The van der Waals surface area contributed by atoms with Gasteiger partial charge in [-0.05, 0) is 29.3 Å². The zero-order valence-corrected chi connectivity index (χ0v) is 12.1. The maximum Gasteiger partial charge on any atom is 0.338 e. The van der Waals surface area contributed by atoms with Crippen molar-refractivity contribution in [3.05, 3.63) is 70.2 Å². The molecule has 0 unspecified atom stereocenters. The molecule has 0 aromatic heterocycles. The minimum atomic E-state index is -0.342. The average Bonchev–Trinajstić information content (AvgIpc) is 2.46. The van der Waals surface area contributed by atoms with Crippen LogP contribution in [-0.2, 0) is 9.53 Å². The summed E-state index contributed by atoms with van der Waals surface area (Å²) in [5.74, 6) is -0.342. The van der Waals surface area contributed by atoms with Crippen LogP contribution in [0.25, 0.3) is 11.6 Å². The van der Waals surface area contributed by atoms with Crippen LogP contribution < -0.4 is 0 Å². The predicted molar refractivity (Wildman–Crippen MR) is 80.5 cm³/mol. The van der Waals surface area contributed by atoms with Gasteiger partial charge in [0.1, 0.15) is 0 Å². The van der Waals surface area contributed by atoms with Crippen LogP contribution in [0.4, 0.5) is 0 Å². The van der Waals surface area contributed by atoms with Crippen LogP contribution in [-0.4, -0.2) is 13.1 Å². The third-order valence-corrected chi connectivity index (χ3v) is 3.20. The molecule has 0 saturated heterocycles. The normalized spacial score (nSPS) is 11.2. The summed E-state index contributed by atoms with van der Waals surface area (Å²) in [5.41, 5.74) is 2.34. The van der Waals surface area contributed by atoms with Crippen molar-refractivity contribution in [2.75, 3.05) is 7.11 Å². The topological polar surface area (TPSA) is 26.3 Å². The molecule has 0 bridgehead atoms. The van der Waals surface area contributed by atoms with Gasteiger partial charge in [0.05, 0.1) is 12.7 Å². The second kappa shape index (κ2) is 6.34. The van der Waals surface area contributed by atoms with Gasteiger partial charge in [-0.15, -0.1) is 0 Å². The number of benzene rings is 2. The Morgan fingerprint density at radius 3 is 2.26 bits per heavy atom. The molecular formula is C16H13BrO2. The van der Waals surface area contributed by atoms with Crippen molar-refractivity contribution in [1.29, 1.82) is 0 Å². The molecule has 0 radical (unpaired) electrons. The van der Waals surface area contributed by atoms with Crippen molar-refractivity contribution in [3.8, 4) is 0 Å². The van der Waals surface area contributed by atoms with Crippen molar-refractivity contribution in [1.82, 2.24) is 0 Å². The summed E-state index contributed by atoms with van der Waals surface area (Å²) in [7, 11) is 1.39. The quantitative estimate of drug-likeness (QED) is 0.483. The zero-order valence-electron chi connectivity index (χ0n) is 10.5. The lowest BCUT2D eigenvalue weighted by atomic mass is 10.0. The smallest absolute Gasteiger partial charge is 0.338 e. The molecule has 0 N–H and O–H groups in total. The molecular weight excluding hydrogens is 304 g/mol.